The second kappa shape index (κ2) is 8.37. The first-order valence-electron chi connectivity index (χ1n) is 9.59. The summed E-state index contributed by atoms with van der Waals surface area (Å²) in [5, 5.41) is 15.7. The smallest absolute Gasteiger partial charge is 0.175 e. The predicted molar refractivity (Wildman–Crippen MR) is 113 cm³/mol. The van der Waals surface area contributed by atoms with Crippen LogP contribution in [0.5, 0.6) is 11.5 Å². The Bertz CT molecular complexity index is 1110. The van der Waals surface area contributed by atoms with Crippen molar-refractivity contribution in [1.82, 2.24) is 10.1 Å². The lowest BCUT2D eigenvalue weighted by atomic mass is 10.0. The van der Waals surface area contributed by atoms with Crippen LogP contribution >= 0.6 is 0 Å². The Morgan fingerprint density at radius 1 is 0.966 bits per heavy atom. The molecule has 0 saturated carbocycles. The van der Waals surface area contributed by atoms with Gasteiger partial charge in [0.2, 0.25) is 0 Å². The maximum absolute atomic E-state index is 10.5. The van der Waals surface area contributed by atoms with Crippen LogP contribution in [-0.2, 0) is 19.5 Å². The van der Waals surface area contributed by atoms with E-state index >= 15 is 0 Å². The first kappa shape index (κ1) is 19.0. The van der Waals surface area contributed by atoms with Gasteiger partial charge in [-0.2, -0.15) is 0 Å². The molecule has 0 fully saturated rings. The molecule has 0 unspecified atom stereocenters. The van der Waals surface area contributed by atoms with Crippen molar-refractivity contribution in [3.63, 3.8) is 0 Å². The summed E-state index contributed by atoms with van der Waals surface area (Å²) in [4.78, 5) is 2.15. The topological polar surface area (TPSA) is 58.7 Å². The van der Waals surface area contributed by atoms with Crippen LogP contribution in [0.25, 0.3) is 11.0 Å². The molecule has 3 aromatic carbocycles. The molecule has 5 nitrogen and oxygen atoms in total. The van der Waals surface area contributed by atoms with Gasteiger partial charge >= 0.3 is 0 Å². The van der Waals surface area contributed by atoms with Crippen LogP contribution in [0.2, 0.25) is 0 Å². The molecule has 0 spiro atoms. The summed E-state index contributed by atoms with van der Waals surface area (Å²) in [5.74, 6) is 1.04. The lowest BCUT2D eigenvalue weighted by Crippen LogP contribution is -2.17. The van der Waals surface area contributed by atoms with Crippen molar-refractivity contribution < 1.29 is 14.4 Å². The summed E-state index contributed by atoms with van der Waals surface area (Å²) in [7, 11) is 3.69. The molecule has 0 aliphatic heterocycles. The SMILES string of the molecule is COc1ccccc1Cc1noc2c(CN(C)Cc3ccccc3)c(O)ccc12. The Morgan fingerprint density at radius 2 is 1.72 bits per heavy atom. The van der Waals surface area contributed by atoms with Crippen molar-refractivity contribution in [3.05, 3.63) is 89.1 Å². The maximum Gasteiger partial charge on any atom is 0.175 e. The van der Waals surface area contributed by atoms with Crippen molar-refractivity contribution in [2.24, 2.45) is 0 Å². The molecule has 0 saturated heterocycles. The number of methoxy groups -OCH3 is 1. The van der Waals surface area contributed by atoms with Gasteiger partial charge < -0.3 is 14.4 Å². The average molecular weight is 388 g/mol. The zero-order valence-electron chi connectivity index (χ0n) is 16.6. The number of phenols is 1. The van der Waals surface area contributed by atoms with Gasteiger partial charge in [-0.25, -0.2) is 0 Å². The van der Waals surface area contributed by atoms with Crippen LogP contribution in [0.4, 0.5) is 0 Å². The van der Waals surface area contributed by atoms with Gasteiger partial charge in [0.15, 0.2) is 5.58 Å². The molecule has 29 heavy (non-hydrogen) atoms. The number of rotatable bonds is 7. The highest BCUT2D eigenvalue weighted by Gasteiger charge is 2.18. The van der Waals surface area contributed by atoms with E-state index in [4.69, 9.17) is 9.26 Å². The molecule has 0 aliphatic carbocycles. The second-order valence-corrected chi connectivity index (χ2v) is 7.22. The number of hydrogen-bond acceptors (Lipinski definition) is 5. The van der Waals surface area contributed by atoms with E-state index in [2.05, 4.69) is 22.2 Å². The summed E-state index contributed by atoms with van der Waals surface area (Å²) < 4.78 is 11.1. The van der Waals surface area contributed by atoms with Crippen molar-refractivity contribution in [2.45, 2.75) is 19.5 Å². The number of para-hydroxylation sites is 1. The van der Waals surface area contributed by atoms with Crippen molar-refractivity contribution in [2.75, 3.05) is 14.2 Å². The highest BCUT2D eigenvalue weighted by molar-refractivity contribution is 5.84. The molecule has 0 atom stereocenters. The van der Waals surface area contributed by atoms with Crippen molar-refractivity contribution in [3.8, 4) is 11.5 Å². The van der Waals surface area contributed by atoms with Crippen LogP contribution in [0.1, 0.15) is 22.4 Å². The Labute approximate surface area is 170 Å². The number of benzene rings is 3. The van der Waals surface area contributed by atoms with E-state index in [1.807, 2.05) is 55.6 Å². The van der Waals surface area contributed by atoms with Gasteiger partial charge in [0.1, 0.15) is 11.5 Å². The van der Waals surface area contributed by atoms with Crippen LogP contribution in [0.15, 0.2) is 71.3 Å². The minimum absolute atomic E-state index is 0.220. The molecule has 148 valence electrons. The molecule has 0 amide bonds. The van der Waals surface area contributed by atoms with E-state index in [1.165, 1.54) is 5.56 Å². The summed E-state index contributed by atoms with van der Waals surface area (Å²) in [6, 6.07) is 21.7. The molecule has 0 radical (unpaired) electrons. The molecule has 4 rings (SSSR count). The molecule has 1 N–H and O–H groups in total. The van der Waals surface area contributed by atoms with Gasteiger partial charge in [-0.05, 0) is 30.8 Å². The quantitative estimate of drug-likeness (QED) is 0.494. The fourth-order valence-electron chi connectivity index (χ4n) is 3.63. The molecule has 0 aliphatic rings. The van der Waals surface area contributed by atoms with E-state index in [0.717, 1.165) is 34.5 Å². The zero-order valence-corrected chi connectivity index (χ0v) is 16.6. The zero-order chi connectivity index (χ0) is 20.2. The highest BCUT2D eigenvalue weighted by Crippen LogP contribution is 2.32. The number of aromatic nitrogens is 1. The monoisotopic (exact) mass is 388 g/mol. The predicted octanol–water partition coefficient (Wildman–Crippen LogP) is 4.76. The molecule has 1 heterocycles. The Balaban J connectivity index is 1.61. The Morgan fingerprint density at radius 3 is 2.52 bits per heavy atom. The molecule has 5 heteroatoms. The standard InChI is InChI=1S/C24H24N2O3/c1-26(15-17-8-4-3-5-9-17)16-20-22(27)13-12-19-21(25-29-24(19)20)14-18-10-6-7-11-23(18)28-2/h3-13,27H,14-16H2,1-2H3. The average Bonchev–Trinajstić information content (AvgIpc) is 3.14. The highest BCUT2D eigenvalue weighted by atomic mass is 16.5. The van der Waals surface area contributed by atoms with Crippen molar-refractivity contribution in [1.29, 1.82) is 0 Å². The summed E-state index contributed by atoms with van der Waals surface area (Å²) in [6.45, 7) is 1.33. The number of ether oxygens (including phenoxy) is 1. The van der Waals surface area contributed by atoms with Gasteiger partial charge in [0.25, 0.3) is 0 Å². The molecular weight excluding hydrogens is 364 g/mol. The second-order valence-electron chi connectivity index (χ2n) is 7.22. The van der Waals surface area contributed by atoms with E-state index in [1.54, 1.807) is 13.2 Å². The van der Waals surface area contributed by atoms with E-state index < -0.39 is 0 Å². The first-order valence-corrected chi connectivity index (χ1v) is 9.59. The third kappa shape index (κ3) is 4.10. The molecule has 4 aromatic rings. The Kier molecular flexibility index (Phi) is 5.49. The fraction of sp³-hybridized carbons (Fsp3) is 0.208. The number of nitrogens with zero attached hydrogens (tertiary/aromatic N) is 2. The number of fused-ring (bicyclic) bond motifs is 1. The lowest BCUT2D eigenvalue weighted by molar-refractivity contribution is 0.310. The minimum Gasteiger partial charge on any atom is -0.507 e. The maximum atomic E-state index is 10.5. The van der Waals surface area contributed by atoms with Crippen molar-refractivity contribution >= 4 is 11.0 Å². The summed E-state index contributed by atoms with van der Waals surface area (Å²) >= 11 is 0. The summed E-state index contributed by atoms with van der Waals surface area (Å²) in [5.41, 5.74) is 4.48. The Hall–Kier alpha value is -3.31. The number of hydrogen-bond donors (Lipinski definition) is 1. The largest absolute Gasteiger partial charge is 0.507 e. The van der Waals surface area contributed by atoms with Crippen LogP contribution in [-0.4, -0.2) is 29.3 Å². The van der Waals surface area contributed by atoms with Gasteiger partial charge in [-0.1, -0.05) is 53.7 Å². The van der Waals surface area contributed by atoms with E-state index in [0.29, 0.717) is 18.5 Å². The van der Waals surface area contributed by atoms with E-state index in [-0.39, 0.29) is 5.75 Å². The minimum atomic E-state index is 0.220. The van der Waals surface area contributed by atoms with Gasteiger partial charge in [-0.3, -0.25) is 4.90 Å². The number of aromatic hydroxyl groups is 1. The summed E-state index contributed by atoms with van der Waals surface area (Å²) in [6.07, 6.45) is 0.598. The molecular formula is C24H24N2O3. The normalized spacial score (nSPS) is 11.3. The van der Waals surface area contributed by atoms with Crippen LogP contribution in [0.3, 0.4) is 0 Å². The third-order valence-electron chi connectivity index (χ3n) is 5.07. The molecule has 0 bridgehead atoms. The fourth-order valence-corrected chi connectivity index (χ4v) is 3.63. The van der Waals surface area contributed by atoms with Crippen LogP contribution in [0, 0.1) is 0 Å². The third-order valence-corrected chi connectivity index (χ3v) is 5.07. The number of phenolic OH excluding ortho intramolecular Hbond substituents is 1. The molecule has 1 aromatic heterocycles. The van der Waals surface area contributed by atoms with Gasteiger partial charge in [0, 0.05) is 30.5 Å². The van der Waals surface area contributed by atoms with Gasteiger partial charge in [-0.15, -0.1) is 0 Å². The first-order chi connectivity index (χ1) is 14.2. The lowest BCUT2D eigenvalue weighted by Gasteiger charge is -2.17. The van der Waals surface area contributed by atoms with Crippen LogP contribution < -0.4 is 4.74 Å². The van der Waals surface area contributed by atoms with E-state index in [9.17, 15) is 5.11 Å². The van der Waals surface area contributed by atoms with Gasteiger partial charge in [0.05, 0.1) is 18.4 Å².